The van der Waals surface area contributed by atoms with Crippen LogP contribution < -0.4 is 5.32 Å². The molecule has 1 aromatic carbocycles. The van der Waals surface area contributed by atoms with Gasteiger partial charge in [0.05, 0.1) is 12.2 Å². The summed E-state index contributed by atoms with van der Waals surface area (Å²) in [6, 6.07) is 9.68. The van der Waals surface area contributed by atoms with Crippen molar-refractivity contribution in [1.82, 2.24) is 0 Å². The Morgan fingerprint density at radius 3 is 2.39 bits per heavy atom. The van der Waals surface area contributed by atoms with E-state index in [9.17, 15) is 10.1 Å². The van der Waals surface area contributed by atoms with Gasteiger partial charge in [0.2, 0.25) is 5.91 Å². The van der Waals surface area contributed by atoms with Gasteiger partial charge in [-0.3, -0.25) is 4.79 Å². The molecule has 1 amide bonds. The van der Waals surface area contributed by atoms with E-state index < -0.39 is 0 Å². The lowest BCUT2D eigenvalue weighted by molar-refractivity contribution is -0.116. The quantitative estimate of drug-likeness (QED) is 0.128. The second-order valence-electron chi connectivity index (χ2n) is 8.15. The maximum atomic E-state index is 12.1. The first-order valence-corrected chi connectivity index (χ1v) is 11.9. The van der Waals surface area contributed by atoms with Crippen LogP contribution in [0.5, 0.6) is 0 Å². The fourth-order valence-corrected chi connectivity index (χ4v) is 3.31. The van der Waals surface area contributed by atoms with Gasteiger partial charge in [-0.05, 0) is 42.5 Å². The minimum atomic E-state index is 0.0489. The summed E-state index contributed by atoms with van der Waals surface area (Å²) in [5.74, 6) is 0.955. The van der Waals surface area contributed by atoms with E-state index >= 15 is 0 Å². The summed E-state index contributed by atoms with van der Waals surface area (Å²) in [6.07, 6.45) is 12.6. The summed E-state index contributed by atoms with van der Waals surface area (Å²) < 4.78 is 5.81. The molecule has 0 radical (unpaired) electrons. The molecule has 0 spiro atoms. The molecular weight excluding hydrogens is 384 g/mol. The maximum Gasteiger partial charge on any atom is 0.224 e. The van der Waals surface area contributed by atoms with Gasteiger partial charge >= 0.3 is 0 Å². The van der Waals surface area contributed by atoms with E-state index in [-0.39, 0.29) is 5.91 Å². The second-order valence-corrected chi connectivity index (χ2v) is 8.15. The summed E-state index contributed by atoms with van der Waals surface area (Å²) in [5, 5.41) is 12.5. The minimum Gasteiger partial charge on any atom is -0.493 e. The number of allylic oxidation sites excluding steroid dienone is 1. The molecule has 4 heteroatoms. The van der Waals surface area contributed by atoms with E-state index in [4.69, 9.17) is 4.74 Å². The van der Waals surface area contributed by atoms with Gasteiger partial charge < -0.3 is 10.1 Å². The summed E-state index contributed by atoms with van der Waals surface area (Å²) in [7, 11) is 0. The predicted octanol–water partition coefficient (Wildman–Crippen LogP) is 7.64. The molecule has 1 unspecified atom stereocenters. The summed E-state index contributed by atoms with van der Waals surface area (Å²) in [4.78, 5) is 12.1. The topological polar surface area (TPSA) is 62.1 Å². The molecule has 1 rings (SSSR count). The molecular formula is C27H40N2O2. The number of amides is 1. The first kappa shape index (κ1) is 26.5. The molecule has 4 nitrogen and oxygen atoms in total. The van der Waals surface area contributed by atoms with Crippen LogP contribution in [0.1, 0.15) is 90.5 Å². The fraction of sp³-hybridized carbons (Fsp3) is 0.556. The average molecular weight is 425 g/mol. The zero-order valence-electron chi connectivity index (χ0n) is 19.7. The summed E-state index contributed by atoms with van der Waals surface area (Å²) in [5.41, 5.74) is 2.07. The Morgan fingerprint density at radius 1 is 1.10 bits per heavy atom. The highest BCUT2D eigenvalue weighted by Crippen LogP contribution is 2.20. The number of nitriles is 1. The van der Waals surface area contributed by atoms with Crippen LogP contribution in [0.15, 0.2) is 42.2 Å². The van der Waals surface area contributed by atoms with Crippen LogP contribution in [-0.4, -0.2) is 12.5 Å². The number of nitrogens with zero attached hydrogens (tertiary/aromatic N) is 1. The molecule has 0 heterocycles. The van der Waals surface area contributed by atoms with Gasteiger partial charge in [-0.25, -0.2) is 0 Å². The molecule has 1 N–H and O–H groups in total. The van der Waals surface area contributed by atoms with Crippen LogP contribution in [-0.2, 0) is 9.53 Å². The van der Waals surface area contributed by atoms with Gasteiger partial charge in [0.25, 0.3) is 0 Å². The Bertz CT molecular complexity index is 729. The Balaban J connectivity index is 2.56. The summed E-state index contributed by atoms with van der Waals surface area (Å²) >= 11 is 0. The molecule has 0 aliphatic carbocycles. The first-order chi connectivity index (χ1) is 15.0. The lowest BCUT2D eigenvalue weighted by Crippen LogP contribution is -2.10. The van der Waals surface area contributed by atoms with Gasteiger partial charge in [0.15, 0.2) is 0 Å². The molecule has 1 aromatic rings. The molecule has 0 bridgehead atoms. The lowest BCUT2D eigenvalue weighted by atomic mass is 10.0. The van der Waals surface area contributed by atoms with Gasteiger partial charge in [0, 0.05) is 12.1 Å². The molecule has 0 fully saturated rings. The Hall–Kier alpha value is -2.54. The van der Waals surface area contributed by atoms with Crippen molar-refractivity contribution >= 4 is 17.7 Å². The van der Waals surface area contributed by atoms with Crippen LogP contribution >= 0.6 is 0 Å². The molecule has 0 saturated carbocycles. The molecule has 31 heavy (non-hydrogen) atoms. The van der Waals surface area contributed by atoms with E-state index in [1.807, 2.05) is 24.3 Å². The molecule has 0 aliphatic rings. The van der Waals surface area contributed by atoms with Gasteiger partial charge in [-0.15, -0.1) is 0 Å². The number of nitrogens with one attached hydrogen (secondary N) is 1. The molecule has 170 valence electrons. The average Bonchev–Trinajstić information content (AvgIpc) is 2.78. The van der Waals surface area contributed by atoms with Crippen molar-refractivity contribution in [2.75, 3.05) is 11.9 Å². The number of unbranched alkanes of at least 4 members (excludes halogenated alkanes) is 5. The third-order valence-corrected chi connectivity index (χ3v) is 5.47. The molecule has 0 aliphatic heterocycles. The Kier molecular flexibility index (Phi) is 13.8. The molecule has 0 aromatic heterocycles. The SMILES string of the molecule is C=C(OCC(CC)CCCC)/C(C#N)=C\c1ccc(NC(=O)CCCCCCC)cc1. The number of hydrogen-bond donors (Lipinski definition) is 1. The molecule has 0 saturated heterocycles. The smallest absolute Gasteiger partial charge is 0.224 e. The van der Waals surface area contributed by atoms with Crippen molar-refractivity contribution in [3.63, 3.8) is 0 Å². The third kappa shape index (κ3) is 11.4. The number of carbonyl (C=O) groups excluding carboxylic acids is 1. The highest BCUT2D eigenvalue weighted by Gasteiger charge is 2.10. The van der Waals surface area contributed by atoms with Crippen molar-refractivity contribution in [2.24, 2.45) is 5.92 Å². The van der Waals surface area contributed by atoms with Crippen molar-refractivity contribution in [3.05, 3.63) is 47.7 Å². The van der Waals surface area contributed by atoms with Crippen LogP contribution in [0.3, 0.4) is 0 Å². The van der Waals surface area contributed by atoms with E-state index in [0.29, 0.717) is 30.3 Å². The number of ether oxygens (including phenoxy) is 1. The van der Waals surface area contributed by atoms with Crippen LogP contribution in [0.2, 0.25) is 0 Å². The number of benzene rings is 1. The predicted molar refractivity (Wildman–Crippen MR) is 130 cm³/mol. The number of carbonyl (C=O) groups is 1. The van der Waals surface area contributed by atoms with Crippen LogP contribution in [0.4, 0.5) is 5.69 Å². The van der Waals surface area contributed by atoms with Crippen molar-refractivity contribution in [1.29, 1.82) is 5.26 Å². The van der Waals surface area contributed by atoms with E-state index in [1.54, 1.807) is 6.08 Å². The van der Waals surface area contributed by atoms with E-state index in [1.165, 1.54) is 32.1 Å². The number of hydrogen-bond acceptors (Lipinski definition) is 3. The van der Waals surface area contributed by atoms with Gasteiger partial charge in [0.1, 0.15) is 11.8 Å². The zero-order valence-corrected chi connectivity index (χ0v) is 19.7. The van der Waals surface area contributed by atoms with Crippen molar-refractivity contribution in [2.45, 2.75) is 85.0 Å². The van der Waals surface area contributed by atoms with Crippen LogP contribution in [0, 0.1) is 17.2 Å². The van der Waals surface area contributed by atoms with E-state index in [0.717, 1.165) is 36.9 Å². The second kappa shape index (κ2) is 16.2. The Morgan fingerprint density at radius 2 is 1.77 bits per heavy atom. The van der Waals surface area contributed by atoms with Gasteiger partial charge in [-0.2, -0.15) is 5.26 Å². The lowest BCUT2D eigenvalue weighted by Gasteiger charge is -2.16. The Labute approximate surface area is 189 Å². The normalized spacial score (nSPS) is 12.1. The van der Waals surface area contributed by atoms with Crippen molar-refractivity contribution in [3.8, 4) is 6.07 Å². The minimum absolute atomic E-state index is 0.0489. The number of anilines is 1. The fourth-order valence-electron chi connectivity index (χ4n) is 3.31. The van der Waals surface area contributed by atoms with Crippen molar-refractivity contribution < 1.29 is 9.53 Å². The third-order valence-electron chi connectivity index (χ3n) is 5.47. The first-order valence-electron chi connectivity index (χ1n) is 11.9. The highest BCUT2D eigenvalue weighted by molar-refractivity contribution is 5.90. The standard InChI is InChI=1S/C27H40N2O2/c1-5-8-10-11-12-14-27(30)29-26-17-15-24(16-18-26)19-25(20-28)22(4)31-21-23(7-3)13-9-6-2/h15-19,23H,4-14,21H2,1-3H3,(H,29,30)/b25-19-. The van der Waals surface area contributed by atoms with Gasteiger partial charge in [-0.1, -0.05) is 84.4 Å². The summed E-state index contributed by atoms with van der Waals surface area (Å²) in [6.45, 7) is 11.1. The highest BCUT2D eigenvalue weighted by atomic mass is 16.5. The number of rotatable bonds is 16. The van der Waals surface area contributed by atoms with Crippen LogP contribution in [0.25, 0.3) is 6.08 Å². The molecule has 1 atom stereocenters. The zero-order chi connectivity index (χ0) is 22.9. The monoisotopic (exact) mass is 424 g/mol. The maximum absolute atomic E-state index is 12.1. The largest absolute Gasteiger partial charge is 0.493 e. The van der Waals surface area contributed by atoms with E-state index in [2.05, 4.69) is 38.7 Å².